The van der Waals surface area contributed by atoms with Crippen LogP contribution in [0.4, 0.5) is 5.82 Å². The van der Waals surface area contributed by atoms with Gasteiger partial charge in [-0.15, -0.1) is 0 Å². The van der Waals surface area contributed by atoms with Gasteiger partial charge in [0.1, 0.15) is 26.6 Å². The molecule has 1 heterocycles. The van der Waals surface area contributed by atoms with E-state index in [1.54, 1.807) is 13.8 Å². The second-order valence-corrected chi connectivity index (χ2v) is 6.21. The third kappa shape index (κ3) is 3.94. The third-order valence-electron chi connectivity index (χ3n) is 1.96. The minimum atomic E-state index is -2.97. The quantitative estimate of drug-likeness (QED) is 0.827. The van der Waals surface area contributed by atoms with Crippen molar-refractivity contribution in [2.24, 2.45) is 0 Å². The molecule has 0 unspecified atom stereocenters. The van der Waals surface area contributed by atoms with Gasteiger partial charge in [-0.3, -0.25) is 0 Å². The van der Waals surface area contributed by atoms with Crippen molar-refractivity contribution in [3.63, 3.8) is 0 Å². The van der Waals surface area contributed by atoms with Gasteiger partial charge in [-0.25, -0.2) is 18.4 Å². The summed E-state index contributed by atoms with van der Waals surface area (Å²) in [5, 5.41) is 3.32. The Hall–Kier alpha value is -0.880. The first kappa shape index (κ1) is 13.2. The number of hydrogen-bond donors (Lipinski definition) is 1. The Labute approximate surface area is 100 Å². The molecule has 1 N–H and O–H groups in total. The fourth-order valence-corrected chi connectivity index (χ4v) is 1.81. The highest BCUT2D eigenvalue weighted by Crippen LogP contribution is 2.19. The highest BCUT2D eigenvalue weighted by atomic mass is 35.5. The van der Waals surface area contributed by atoms with Crippen LogP contribution in [-0.2, 0) is 9.84 Å². The molecule has 0 aromatic carbocycles. The maximum Gasteiger partial charge on any atom is 0.149 e. The Bertz CT molecular complexity index is 488. The predicted molar refractivity (Wildman–Crippen MR) is 64.7 cm³/mol. The van der Waals surface area contributed by atoms with E-state index in [9.17, 15) is 8.42 Å². The Morgan fingerprint density at radius 3 is 2.50 bits per heavy atom. The van der Waals surface area contributed by atoms with Crippen molar-refractivity contribution in [1.82, 2.24) is 9.97 Å². The van der Waals surface area contributed by atoms with Crippen LogP contribution in [0.3, 0.4) is 0 Å². The standard InChI is InChI=1S/C9H14ClN3O2S/c1-6-8(10)12-7(2)13-9(6)11-4-5-16(3,14)15/h4-5H2,1-3H3,(H,11,12,13). The van der Waals surface area contributed by atoms with Crippen LogP contribution in [0.25, 0.3) is 0 Å². The summed E-state index contributed by atoms with van der Waals surface area (Å²) in [7, 11) is -2.97. The zero-order valence-corrected chi connectivity index (χ0v) is 11.0. The van der Waals surface area contributed by atoms with E-state index in [4.69, 9.17) is 11.6 Å². The lowest BCUT2D eigenvalue weighted by Gasteiger charge is -2.09. The number of rotatable bonds is 4. The fourth-order valence-electron chi connectivity index (χ4n) is 1.12. The Balaban J connectivity index is 2.75. The van der Waals surface area contributed by atoms with Crippen LogP contribution >= 0.6 is 11.6 Å². The smallest absolute Gasteiger partial charge is 0.149 e. The lowest BCUT2D eigenvalue weighted by atomic mass is 10.3. The molecule has 90 valence electrons. The number of halogens is 1. The number of anilines is 1. The highest BCUT2D eigenvalue weighted by Gasteiger charge is 2.08. The summed E-state index contributed by atoms with van der Waals surface area (Å²) in [5.41, 5.74) is 0.723. The zero-order chi connectivity index (χ0) is 12.3. The molecule has 1 rings (SSSR count). The molecular formula is C9H14ClN3O2S. The SMILES string of the molecule is Cc1nc(Cl)c(C)c(NCCS(C)(=O)=O)n1. The maximum absolute atomic E-state index is 10.9. The molecule has 0 saturated heterocycles. The van der Waals surface area contributed by atoms with Crippen molar-refractivity contribution >= 4 is 27.3 Å². The number of nitrogens with zero attached hydrogens (tertiary/aromatic N) is 2. The van der Waals surface area contributed by atoms with Crippen LogP contribution in [0.2, 0.25) is 5.15 Å². The van der Waals surface area contributed by atoms with E-state index in [0.717, 1.165) is 5.56 Å². The van der Waals surface area contributed by atoms with Gasteiger partial charge in [-0.1, -0.05) is 11.6 Å². The monoisotopic (exact) mass is 263 g/mol. The Kier molecular flexibility index (Phi) is 4.09. The van der Waals surface area contributed by atoms with E-state index < -0.39 is 9.84 Å². The van der Waals surface area contributed by atoms with Gasteiger partial charge in [-0.2, -0.15) is 0 Å². The molecule has 0 aliphatic carbocycles. The van der Waals surface area contributed by atoms with E-state index in [0.29, 0.717) is 23.3 Å². The van der Waals surface area contributed by atoms with Gasteiger partial charge in [0.2, 0.25) is 0 Å². The first-order valence-corrected chi connectivity index (χ1v) is 7.16. The molecule has 0 aliphatic rings. The van der Waals surface area contributed by atoms with Crippen molar-refractivity contribution in [1.29, 1.82) is 0 Å². The number of aryl methyl sites for hydroxylation is 1. The van der Waals surface area contributed by atoms with Crippen LogP contribution in [-0.4, -0.2) is 36.9 Å². The summed E-state index contributed by atoms with van der Waals surface area (Å²) < 4.78 is 21.9. The number of sulfone groups is 1. The highest BCUT2D eigenvalue weighted by molar-refractivity contribution is 7.90. The summed E-state index contributed by atoms with van der Waals surface area (Å²) in [6.45, 7) is 3.82. The van der Waals surface area contributed by atoms with E-state index in [-0.39, 0.29) is 5.75 Å². The molecule has 0 atom stereocenters. The van der Waals surface area contributed by atoms with Crippen LogP contribution in [0, 0.1) is 13.8 Å². The molecule has 1 aromatic heterocycles. The predicted octanol–water partition coefficient (Wildman–Crippen LogP) is 1.20. The second kappa shape index (κ2) is 4.97. The molecule has 5 nitrogen and oxygen atoms in total. The molecule has 7 heteroatoms. The summed E-state index contributed by atoms with van der Waals surface area (Å²) >= 11 is 5.88. The van der Waals surface area contributed by atoms with Gasteiger partial charge in [-0.05, 0) is 13.8 Å². The first-order valence-electron chi connectivity index (χ1n) is 4.72. The maximum atomic E-state index is 10.9. The molecule has 0 spiro atoms. The van der Waals surface area contributed by atoms with Crippen molar-refractivity contribution in [3.8, 4) is 0 Å². The van der Waals surface area contributed by atoms with Crippen molar-refractivity contribution in [2.75, 3.05) is 23.9 Å². The summed E-state index contributed by atoms with van der Waals surface area (Å²) in [4.78, 5) is 8.14. The van der Waals surface area contributed by atoms with Crippen LogP contribution < -0.4 is 5.32 Å². The molecule has 0 bridgehead atoms. The largest absolute Gasteiger partial charge is 0.369 e. The molecule has 0 radical (unpaired) electrons. The Morgan fingerprint density at radius 2 is 1.94 bits per heavy atom. The molecule has 0 amide bonds. The van der Waals surface area contributed by atoms with E-state index in [1.807, 2.05) is 0 Å². The average Bonchev–Trinajstić information content (AvgIpc) is 2.11. The van der Waals surface area contributed by atoms with Gasteiger partial charge in [0.05, 0.1) is 5.75 Å². The zero-order valence-electron chi connectivity index (χ0n) is 9.41. The molecular weight excluding hydrogens is 250 g/mol. The number of aromatic nitrogens is 2. The number of hydrogen-bond acceptors (Lipinski definition) is 5. The molecule has 1 aromatic rings. The summed E-state index contributed by atoms with van der Waals surface area (Å²) in [6.07, 6.45) is 1.19. The van der Waals surface area contributed by atoms with Crippen LogP contribution in [0.1, 0.15) is 11.4 Å². The van der Waals surface area contributed by atoms with Gasteiger partial charge >= 0.3 is 0 Å². The average molecular weight is 264 g/mol. The number of nitrogens with one attached hydrogen (secondary N) is 1. The minimum absolute atomic E-state index is 0.0626. The van der Waals surface area contributed by atoms with Crippen LogP contribution in [0.15, 0.2) is 0 Å². The van der Waals surface area contributed by atoms with Crippen molar-refractivity contribution in [2.45, 2.75) is 13.8 Å². The first-order chi connectivity index (χ1) is 7.29. The molecule has 0 saturated carbocycles. The van der Waals surface area contributed by atoms with Gasteiger partial charge in [0.25, 0.3) is 0 Å². The van der Waals surface area contributed by atoms with E-state index >= 15 is 0 Å². The van der Waals surface area contributed by atoms with E-state index in [1.165, 1.54) is 6.26 Å². The molecule has 16 heavy (non-hydrogen) atoms. The lowest BCUT2D eigenvalue weighted by molar-refractivity contribution is 0.602. The summed E-state index contributed by atoms with van der Waals surface area (Å²) in [6, 6.07) is 0. The normalized spacial score (nSPS) is 11.5. The topological polar surface area (TPSA) is 72.0 Å². The third-order valence-corrected chi connectivity index (χ3v) is 3.28. The van der Waals surface area contributed by atoms with Crippen molar-refractivity contribution in [3.05, 3.63) is 16.5 Å². The second-order valence-electron chi connectivity index (χ2n) is 3.59. The van der Waals surface area contributed by atoms with Crippen molar-refractivity contribution < 1.29 is 8.42 Å². The lowest BCUT2D eigenvalue weighted by Crippen LogP contribution is -2.16. The van der Waals surface area contributed by atoms with Crippen LogP contribution in [0.5, 0.6) is 0 Å². The molecule has 0 aliphatic heterocycles. The van der Waals surface area contributed by atoms with Gasteiger partial charge < -0.3 is 5.32 Å². The van der Waals surface area contributed by atoms with Gasteiger partial charge in [0, 0.05) is 18.4 Å². The summed E-state index contributed by atoms with van der Waals surface area (Å²) in [5.74, 6) is 1.20. The van der Waals surface area contributed by atoms with E-state index in [2.05, 4.69) is 15.3 Å². The van der Waals surface area contributed by atoms with Gasteiger partial charge in [0.15, 0.2) is 0 Å². The molecule has 0 fully saturated rings. The fraction of sp³-hybridized carbons (Fsp3) is 0.556. The minimum Gasteiger partial charge on any atom is -0.369 e. The Morgan fingerprint density at radius 1 is 1.31 bits per heavy atom.